The van der Waals surface area contributed by atoms with Gasteiger partial charge in [0, 0.05) is 106 Å². The number of aromatic nitrogens is 5. The maximum atomic E-state index is 13.2. The van der Waals surface area contributed by atoms with E-state index in [2.05, 4.69) is 63.2 Å². The van der Waals surface area contributed by atoms with Crippen molar-refractivity contribution in [1.29, 1.82) is 0 Å². The van der Waals surface area contributed by atoms with Crippen LogP contribution in [0.15, 0.2) is 89.5 Å². The molecule has 0 atom stereocenters. The largest absolute Gasteiger partial charge is 0.343 e. The van der Waals surface area contributed by atoms with Crippen molar-refractivity contribution in [2.75, 3.05) is 63.3 Å². The molecule has 0 spiro atoms. The third kappa shape index (κ3) is 8.94. The number of amides is 3. The molecule has 280 valence electrons. The molecule has 55 heavy (non-hydrogen) atoms. The van der Waals surface area contributed by atoms with Gasteiger partial charge in [-0.05, 0) is 61.5 Å². The molecule has 4 N–H and O–H groups in total. The van der Waals surface area contributed by atoms with Gasteiger partial charge in [-0.25, -0.2) is 9.97 Å². The van der Waals surface area contributed by atoms with E-state index >= 15 is 0 Å². The Morgan fingerprint density at radius 2 is 1.65 bits per heavy atom. The fourth-order valence-electron chi connectivity index (χ4n) is 6.06. The van der Waals surface area contributed by atoms with Gasteiger partial charge in [-0.3, -0.25) is 29.4 Å². The van der Waals surface area contributed by atoms with E-state index in [0.717, 1.165) is 44.0 Å². The highest BCUT2D eigenvalue weighted by atomic mass is 16.2. The van der Waals surface area contributed by atoms with Crippen molar-refractivity contribution < 1.29 is 14.4 Å². The highest BCUT2D eigenvalue weighted by molar-refractivity contribution is 6.47. The Morgan fingerprint density at radius 1 is 0.873 bits per heavy atom. The highest BCUT2D eigenvalue weighted by Crippen LogP contribution is 2.26. The normalized spacial score (nSPS) is 14.5. The van der Waals surface area contributed by atoms with E-state index in [1.165, 1.54) is 16.5 Å². The second kappa shape index (κ2) is 16.2. The summed E-state index contributed by atoms with van der Waals surface area (Å²) in [5.41, 5.74) is 7.04. The van der Waals surface area contributed by atoms with E-state index in [1.54, 1.807) is 38.8 Å². The molecule has 0 radical (unpaired) electrons. The van der Waals surface area contributed by atoms with Crippen molar-refractivity contribution in [2.24, 2.45) is 10.2 Å². The van der Waals surface area contributed by atoms with Crippen LogP contribution in [0.3, 0.4) is 0 Å². The number of hydrogen-bond acceptors (Lipinski definition) is 12. The summed E-state index contributed by atoms with van der Waals surface area (Å²) in [5.74, 6) is -0.320. The molecule has 2 aliphatic rings. The zero-order chi connectivity index (χ0) is 38.5. The molecule has 16 nitrogen and oxygen atoms in total. The fraction of sp³-hybridized carbons (Fsp3) is 0.256. The van der Waals surface area contributed by atoms with E-state index in [-0.39, 0.29) is 35.5 Å². The monoisotopic (exact) mass is 739 g/mol. The average Bonchev–Trinajstić information content (AvgIpc) is 3.88. The van der Waals surface area contributed by atoms with E-state index in [9.17, 15) is 14.4 Å². The molecule has 3 aromatic heterocycles. The number of anilines is 4. The van der Waals surface area contributed by atoms with Gasteiger partial charge >= 0.3 is 0 Å². The minimum absolute atomic E-state index is 0.179. The molecule has 5 aromatic rings. The summed E-state index contributed by atoms with van der Waals surface area (Å²) in [6, 6.07) is 18.5. The lowest BCUT2D eigenvalue weighted by atomic mass is 10.0. The average molecular weight is 740 g/mol. The van der Waals surface area contributed by atoms with Gasteiger partial charge in [-0.2, -0.15) is 10.2 Å². The molecular formula is C39H41N13O3. The third-order valence-corrected chi connectivity index (χ3v) is 9.32. The zero-order valence-electron chi connectivity index (χ0n) is 31.0. The van der Waals surface area contributed by atoms with Gasteiger partial charge in [0.25, 0.3) is 17.7 Å². The van der Waals surface area contributed by atoms with Crippen molar-refractivity contribution in [3.63, 3.8) is 0 Å². The molecule has 0 aliphatic carbocycles. The summed E-state index contributed by atoms with van der Waals surface area (Å²) < 4.78 is 0. The molecule has 1 saturated heterocycles. The molecule has 0 unspecified atom stereocenters. The Kier molecular flexibility index (Phi) is 10.8. The Hall–Kier alpha value is -6.65. The molecule has 2 aromatic carbocycles. The standard InChI is InChI=1S/C39H41N13O3/c1-24-5-10-29(42-36(53)26-8-6-25(7-9-26)23-52-15-13-51(4)14-16-52)18-31(24)44-39-41-12-11-30(43-39)27-17-28(22-40-21-27)32-19-33(47-46-32)37(54)45-35-20-34(48-49-35)38(55)50(2)3/h5-12,17-18,20-22H,13-16,19,23H2,1-4H3,(H,42,53)(H,41,43,44)(H2,45,48,49,54). The number of pyridine rings is 1. The topological polar surface area (TPSA) is 189 Å². The Labute approximate surface area is 317 Å². The van der Waals surface area contributed by atoms with E-state index in [0.29, 0.717) is 39.7 Å². The van der Waals surface area contributed by atoms with Gasteiger partial charge in [0.2, 0.25) is 5.95 Å². The minimum atomic E-state index is -0.466. The van der Waals surface area contributed by atoms with Crippen molar-refractivity contribution in [1.82, 2.24) is 39.8 Å². The van der Waals surface area contributed by atoms with Crippen LogP contribution in [0.25, 0.3) is 11.3 Å². The number of likely N-dealkylation sites (N-methyl/N-ethyl adjacent to an activating group) is 1. The number of rotatable bonds is 11. The lowest BCUT2D eigenvalue weighted by Gasteiger charge is -2.32. The zero-order valence-corrected chi connectivity index (χ0v) is 31.0. The predicted molar refractivity (Wildman–Crippen MR) is 211 cm³/mol. The summed E-state index contributed by atoms with van der Waals surface area (Å²) >= 11 is 0. The second-order valence-electron chi connectivity index (χ2n) is 13.7. The summed E-state index contributed by atoms with van der Waals surface area (Å²) in [6.07, 6.45) is 5.17. The predicted octanol–water partition coefficient (Wildman–Crippen LogP) is 4.20. The summed E-state index contributed by atoms with van der Waals surface area (Å²) in [6.45, 7) is 7.04. The van der Waals surface area contributed by atoms with E-state index in [4.69, 9.17) is 4.98 Å². The SMILES string of the molecule is Cc1ccc(NC(=O)c2ccc(CN3CCN(C)CC3)cc2)cc1Nc1nccc(-c2cncc(C3=NN=C(C(=O)Nc4cc(C(=O)N(C)C)n[nH]4)C3)c2)n1. The van der Waals surface area contributed by atoms with Crippen LogP contribution in [0.5, 0.6) is 0 Å². The number of benzene rings is 2. The summed E-state index contributed by atoms with van der Waals surface area (Å²) in [5, 5.41) is 23.9. The van der Waals surface area contributed by atoms with Crippen LogP contribution in [0.4, 0.5) is 23.1 Å². The first kappa shape index (κ1) is 36.7. The lowest BCUT2D eigenvalue weighted by Crippen LogP contribution is -2.43. The second-order valence-corrected chi connectivity index (χ2v) is 13.7. The summed E-state index contributed by atoms with van der Waals surface area (Å²) in [4.78, 5) is 57.9. The molecule has 16 heteroatoms. The number of aromatic amines is 1. The van der Waals surface area contributed by atoms with Gasteiger partial charge in [-0.1, -0.05) is 18.2 Å². The van der Waals surface area contributed by atoms with Crippen LogP contribution in [0, 0.1) is 6.92 Å². The number of nitrogens with zero attached hydrogens (tertiary/aromatic N) is 9. The quantitative estimate of drug-likeness (QED) is 0.153. The Morgan fingerprint density at radius 3 is 2.44 bits per heavy atom. The third-order valence-electron chi connectivity index (χ3n) is 9.32. The number of H-pyrrole nitrogens is 1. The molecule has 5 heterocycles. The van der Waals surface area contributed by atoms with Gasteiger partial charge in [-0.15, -0.1) is 5.10 Å². The Balaban J connectivity index is 0.964. The Bertz CT molecular complexity index is 2290. The molecule has 0 saturated carbocycles. The maximum Gasteiger partial charge on any atom is 0.273 e. The highest BCUT2D eigenvalue weighted by Gasteiger charge is 2.23. The van der Waals surface area contributed by atoms with Crippen molar-refractivity contribution in [3.05, 3.63) is 107 Å². The van der Waals surface area contributed by atoms with Crippen LogP contribution in [-0.4, -0.2) is 116 Å². The molecule has 7 rings (SSSR count). The summed E-state index contributed by atoms with van der Waals surface area (Å²) in [7, 11) is 5.38. The van der Waals surface area contributed by atoms with Crippen LogP contribution in [0.1, 0.15) is 44.0 Å². The van der Waals surface area contributed by atoms with Crippen LogP contribution >= 0.6 is 0 Å². The van der Waals surface area contributed by atoms with Crippen molar-refractivity contribution >= 4 is 52.3 Å². The molecule has 0 bridgehead atoms. The lowest BCUT2D eigenvalue weighted by molar-refractivity contribution is -0.110. The van der Waals surface area contributed by atoms with Gasteiger partial charge in [0.05, 0.1) is 11.4 Å². The van der Waals surface area contributed by atoms with E-state index in [1.807, 2.05) is 55.5 Å². The van der Waals surface area contributed by atoms with Crippen molar-refractivity contribution in [3.8, 4) is 11.3 Å². The number of carbonyl (C=O) groups excluding carboxylic acids is 3. The van der Waals surface area contributed by atoms with Gasteiger partial charge in [0.1, 0.15) is 11.5 Å². The first-order chi connectivity index (χ1) is 26.6. The maximum absolute atomic E-state index is 13.2. The van der Waals surface area contributed by atoms with E-state index < -0.39 is 5.91 Å². The molecule has 3 amide bonds. The molecule has 1 fully saturated rings. The van der Waals surface area contributed by atoms with Crippen LogP contribution < -0.4 is 16.0 Å². The first-order valence-corrected chi connectivity index (χ1v) is 17.8. The number of aryl methyl sites for hydroxylation is 1. The number of carbonyl (C=O) groups is 3. The minimum Gasteiger partial charge on any atom is -0.343 e. The molecule has 2 aliphatic heterocycles. The number of nitrogens with one attached hydrogen (secondary N) is 4. The van der Waals surface area contributed by atoms with Gasteiger partial charge in [0.15, 0.2) is 5.69 Å². The smallest absolute Gasteiger partial charge is 0.273 e. The van der Waals surface area contributed by atoms with Crippen LogP contribution in [-0.2, 0) is 11.3 Å². The number of piperazine rings is 1. The first-order valence-electron chi connectivity index (χ1n) is 17.8. The fourth-order valence-corrected chi connectivity index (χ4v) is 6.06. The number of hydrogen-bond donors (Lipinski definition) is 4. The van der Waals surface area contributed by atoms with Crippen LogP contribution in [0.2, 0.25) is 0 Å². The molecular weight excluding hydrogens is 699 g/mol. The van der Waals surface area contributed by atoms with Crippen molar-refractivity contribution in [2.45, 2.75) is 19.9 Å². The van der Waals surface area contributed by atoms with Gasteiger partial charge < -0.3 is 25.8 Å².